The Hall–Kier alpha value is -3.03. The van der Waals surface area contributed by atoms with E-state index in [1.165, 1.54) is 12.1 Å². The molecule has 2 heterocycles. The molecule has 1 aliphatic heterocycles. The van der Waals surface area contributed by atoms with Crippen molar-refractivity contribution in [2.75, 3.05) is 18.8 Å². The SMILES string of the molecule is Cc1nc(N)nc(C)c1CC(=O)N1C[C@@H](C(=O)O)[C@H](c2ccc(F)cc2)C1. The van der Waals surface area contributed by atoms with Gasteiger partial charge < -0.3 is 15.7 Å². The highest BCUT2D eigenvalue weighted by Gasteiger charge is 2.40. The van der Waals surface area contributed by atoms with Crippen molar-refractivity contribution in [1.29, 1.82) is 0 Å². The van der Waals surface area contributed by atoms with E-state index in [1.54, 1.807) is 30.9 Å². The molecule has 0 unspecified atom stereocenters. The van der Waals surface area contributed by atoms with Crippen molar-refractivity contribution in [1.82, 2.24) is 14.9 Å². The minimum Gasteiger partial charge on any atom is -0.481 e. The van der Waals surface area contributed by atoms with Crippen LogP contribution in [-0.4, -0.2) is 44.9 Å². The second-order valence-electron chi connectivity index (χ2n) is 6.81. The number of nitrogens with zero attached hydrogens (tertiary/aromatic N) is 3. The minimum absolute atomic E-state index is 0.0838. The summed E-state index contributed by atoms with van der Waals surface area (Å²) in [6, 6.07) is 5.76. The number of aliphatic carboxylic acids is 1. The largest absolute Gasteiger partial charge is 0.481 e. The van der Waals surface area contributed by atoms with Gasteiger partial charge in [-0.25, -0.2) is 14.4 Å². The standard InChI is InChI=1S/C19H21FN4O3/c1-10-14(11(2)23-19(21)22-10)7-17(25)24-8-15(16(9-24)18(26)27)12-3-5-13(20)6-4-12/h3-6,15-16H,7-9H2,1-2H3,(H,26,27)(H2,21,22,23)/t15-,16+/m0/s1. The molecule has 2 aromatic rings. The summed E-state index contributed by atoms with van der Waals surface area (Å²) in [5.74, 6) is -2.50. The predicted molar refractivity (Wildman–Crippen MR) is 96.5 cm³/mol. The number of hydrogen-bond donors (Lipinski definition) is 2. The summed E-state index contributed by atoms with van der Waals surface area (Å²) >= 11 is 0. The third kappa shape index (κ3) is 3.89. The number of amides is 1. The first-order valence-corrected chi connectivity index (χ1v) is 8.62. The van der Waals surface area contributed by atoms with Crippen LogP contribution in [0.3, 0.4) is 0 Å². The lowest BCUT2D eigenvalue weighted by atomic mass is 9.89. The van der Waals surface area contributed by atoms with E-state index in [1.807, 2.05) is 0 Å². The first-order valence-electron chi connectivity index (χ1n) is 8.62. The zero-order chi connectivity index (χ0) is 19.7. The third-order valence-corrected chi connectivity index (χ3v) is 5.05. The zero-order valence-electron chi connectivity index (χ0n) is 15.1. The Morgan fingerprint density at radius 3 is 2.33 bits per heavy atom. The fraction of sp³-hybridized carbons (Fsp3) is 0.368. The van der Waals surface area contributed by atoms with Crippen LogP contribution in [0.2, 0.25) is 0 Å². The van der Waals surface area contributed by atoms with Gasteiger partial charge in [-0.1, -0.05) is 12.1 Å². The van der Waals surface area contributed by atoms with Crippen molar-refractivity contribution < 1.29 is 19.1 Å². The van der Waals surface area contributed by atoms with Crippen molar-refractivity contribution >= 4 is 17.8 Å². The van der Waals surface area contributed by atoms with Gasteiger partial charge in [-0.15, -0.1) is 0 Å². The molecule has 1 aliphatic rings. The minimum atomic E-state index is -0.970. The van der Waals surface area contributed by atoms with Crippen molar-refractivity contribution in [2.24, 2.45) is 5.92 Å². The number of carbonyl (C=O) groups is 2. The second-order valence-corrected chi connectivity index (χ2v) is 6.81. The molecule has 2 atom stereocenters. The molecule has 1 fully saturated rings. The van der Waals surface area contributed by atoms with E-state index >= 15 is 0 Å². The van der Waals surface area contributed by atoms with E-state index < -0.39 is 11.9 Å². The number of aromatic nitrogens is 2. The summed E-state index contributed by atoms with van der Waals surface area (Å²) in [5.41, 5.74) is 8.30. The number of anilines is 1. The molecule has 142 valence electrons. The molecule has 1 amide bonds. The maximum Gasteiger partial charge on any atom is 0.308 e. The van der Waals surface area contributed by atoms with Gasteiger partial charge in [0.15, 0.2) is 0 Å². The van der Waals surface area contributed by atoms with Gasteiger partial charge in [-0.3, -0.25) is 9.59 Å². The van der Waals surface area contributed by atoms with Gasteiger partial charge in [-0.05, 0) is 31.5 Å². The molecule has 0 aliphatic carbocycles. The van der Waals surface area contributed by atoms with E-state index in [-0.39, 0.29) is 43.1 Å². The molecule has 27 heavy (non-hydrogen) atoms. The monoisotopic (exact) mass is 372 g/mol. The summed E-state index contributed by atoms with van der Waals surface area (Å²) < 4.78 is 13.2. The summed E-state index contributed by atoms with van der Waals surface area (Å²) in [6.07, 6.45) is 0.0838. The van der Waals surface area contributed by atoms with E-state index in [2.05, 4.69) is 9.97 Å². The van der Waals surface area contributed by atoms with Crippen molar-refractivity contribution in [3.63, 3.8) is 0 Å². The van der Waals surface area contributed by atoms with Gasteiger partial charge in [0.1, 0.15) is 5.82 Å². The number of aryl methyl sites for hydroxylation is 2. The highest BCUT2D eigenvalue weighted by atomic mass is 19.1. The number of carboxylic acid groups (broad SMARTS) is 1. The van der Waals surface area contributed by atoms with Crippen molar-refractivity contribution in [3.05, 3.63) is 52.6 Å². The van der Waals surface area contributed by atoms with Gasteiger partial charge in [0.25, 0.3) is 0 Å². The Morgan fingerprint density at radius 2 is 1.78 bits per heavy atom. The predicted octanol–water partition coefficient (Wildman–Crippen LogP) is 1.68. The molecular weight excluding hydrogens is 351 g/mol. The molecular formula is C19H21FN4O3. The van der Waals surface area contributed by atoms with Crippen LogP contribution >= 0.6 is 0 Å². The molecule has 1 saturated heterocycles. The van der Waals surface area contributed by atoms with Crippen LogP contribution in [0.5, 0.6) is 0 Å². The fourth-order valence-corrected chi connectivity index (χ4v) is 3.59. The van der Waals surface area contributed by atoms with Crippen molar-refractivity contribution in [3.8, 4) is 0 Å². The van der Waals surface area contributed by atoms with E-state index in [0.29, 0.717) is 22.5 Å². The molecule has 0 bridgehead atoms. The number of hydrogen-bond acceptors (Lipinski definition) is 5. The van der Waals surface area contributed by atoms with Crippen LogP contribution in [0.25, 0.3) is 0 Å². The Bertz CT molecular complexity index is 862. The molecule has 3 rings (SSSR count). The normalized spacial score (nSPS) is 19.3. The van der Waals surface area contributed by atoms with Crippen LogP contribution in [0.15, 0.2) is 24.3 Å². The first-order chi connectivity index (χ1) is 12.8. The van der Waals surface area contributed by atoms with Crippen LogP contribution in [0, 0.1) is 25.6 Å². The van der Waals surface area contributed by atoms with Crippen LogP contribution < -0.4 is 5.73 Å². The average molecular weight is 372 g/mol. The number of benzene rings is 1. The molecule has 1 aromatic carbocycles. The Balaban J connectivity index is 1.80. The number of rotatable bonds is 4. The van der Waals surface area contributed by atoms with Gasteiger partial charge in [0, 0.05) is 36.0 Å². The highest BCUT2D eigenvalue weighted by Crippen LogP contribution is 2.33. The Labute approximate surface area is 156 Å². The number of halogens is 1. The summed E-state index contributed by atoms with van der Waals surface area (Å²) in [5, 5.41) is 9.56. The third-order valence-electron chi connectivity index (χ3n) is 5.05. The van der Waals surface area contributed by atoms with E-state index in [0.717, 1.165) is 0 Å². The smallest absolute Gasteiger partial charge is 0.308 e. The van der Waals surface area contributed by atoms with Gasteiger partial charge in [0.05, 0.1) is 12.3 Å². The number of nitrogen functional groups attached to an aromatic ring is 1. The topological polar surface area (TPSA) is 109 Å². The number of likely N-dealkylation sites (tertiary alicyclic amines) is 1. The molecule has 0 radical (unpaired) electrons. The zero-order valence-corrected chi connectivity index (χ0v) is 15.1. The Morgan fingerprint density at radius 1 is 1.19 bits per heavy atom. The van der Waals surface area contributed by atoms with Crippen LogP contribution in [-0.2, 0) is 16.0 Å². The lowest BCUT2D eigenvalue weighted by Gasteiger charge is -2.18. The van der Waals surface area contributed by atoms with Crippen LogP contribution in [0.1, 0.15) is 28.4 Å². The van der Waals surface area contributed by atoms with Gasteiger partial charge in [-0.2, -0.15) is 0 Å². The molecule has 8 heteroatoms. The van der Waals surface area contributed by atoms with E-state index in [4.69, 9.17) is 5.73 Å². The van der Waals surface area contributed by atoms with Crippen molar-refractivity contribution in [2.45, 2.75) is 26.2 Å². The number of nitrogens with two attached hydrogens (primary N) is 1. The van der Waals surface area contributed by atoms with Gasteiger partial charge >= 0.3 is 5.97 Å². The van der Waals surface area contributed by atoms with Crippen LogP contribution in [0.4, 0.5) is 10.3 Å². The van der Waals surface area contributed by atoms with E-state index in [9.17, 15) is 19.1 Å². The second kappa shape index (κ2) is 7.30. The molecule has 0 saturated carbocycles. The summed E-state index contributed by atoms with van der Waals surface area (Å²) in [7, 11) is 0. The fourth-order valence-electron chi connectivity index (χ4n) is 3.59. The number of carbonyl (C=O) groups excluding carboxylic acids is 1. The lowest BCUT2D eigenvalue weighted by molar-refractivity contribution is -0.141. The summed E-state index contributed by atoms with van der Waals surface area (Å²) in [4.78, 5) is 34.2. The first kappa shape index (κ1) is 18.8. The highest BCUT2D eigenvalue weighted by molar-refractivity contribution is 5.82. The maximum atomic E-state index is 13.2. The quantitative estimate of drug-likeness (QED) is 0.845. The molecule has 0 spiro atoms. The molecule has 1 aromatic heterocycles. The molecule has 3 N–H and O–H groups in total. The van der Waals surface area contributed by atoms with Gasteiger partial charge in [0.2, 0.25) is 11.9 Å². The lowest BCUT2D eigenvalue weighted by Crippen LogP contribution is -2.31. The maximum absolute atomic E-state index is 13.2. The number of carboxylic acids is 1. The summed E-state index contributed by atoms with van der Waals surface area (Å²) in [6.45, 7) is 3.91. The Kier molecular flexibility index (Phi) is 5.07. The molecule has 7 nitrogen and oxygen atoms in total. The average Bonchev–Trinajstić information content (AvgIpc) is 3.04.